The van der Waals surface area contributed by atoms with E-state index < -0.39 is 17.6 Å². The summed E-state index contributed by atoms with van der Waals surface area (Å²) < 4.78 is 7.93. The predicted molar refractivity (Wildman–Crippen MR) is 77.6 cm³/mol. The molecule has 5 heteroatoms. The Morgan fingerprint density at radius 3 is 2.24 bits per heavy atom. The van der Waals surface area contributed by atoms with Crippen LogP contribution in [0.4, 0.5) is 0 Å². The minimum Gasteiger partial charge on any atom is -0.508 e. The highest BCUT2D eigenvalue weighted by atomic mass is 16.4. The number of benzene rings is 2. The first-order valence-electron chi connectivity index (χ1n) is 6.59. The minimum absolute atomic E-state index is 0.00162. The van der Waals surface area contributed by atoms with Gasteiger partial charge >= 0.3 is 5.97 Å². The van der Waals surface area contributed by atoms with Crippen LogP contribution in [0.3, 0.4) is 0 Å². The molecule has 0 aliphatic rings. The van der Waals surface area contributed by atoms with E-state index in [9.17, 15) is 19.8 Å². The standard InChI is InChI=1S/C16H13NO4/c18-13-8-6-11(7-9-13)10-14(16(20)21)17-15(19)12-4-2-1-3-5-12/h1-10,18H,(H,17,19)(H,20,21)/b14-10-/i10D. The summed E-state index contributed by atoms with van der Waals surface area (Å²) in [5.41, 5.74) is 0.0304. The van der Waals surface area contributed by atoms with E-state index in [1.807, 2.05) is 0 Å². The Morgan fingerprint density at radius 1 is 1.05 bits per heavy atom. The van der Waals surface area contributed by atoms with Gasteiger partial charge in [0.15, 0.2) is 0 Å². The number of phenolic OH excluding ortho intramolecular Hbond substituents is 1. The molecule has 0 aromatic heterocycles. The van der Waals surface area contributed by atoms with E-state index in [-0.39, 0.29) is 17.4 Å². The Kier molecular flexibility index (Phi) is 3.93. The molecule has 0 radical (unpaired) electrons. The van der Waals surface area contributed by atoms with Crippen molar-refractivity contribution in [3.63, 3.8) is 0 Å². The van der Waals surface area contributed by atoms with Gasteiger partial charge in [-0.05, 0) is 35.9 Å². The summed E-state index contributed by atoms with van der Waals surface area (Å²) in [4.78, 5) is 23.3. The molecule has 0 saturated heterocycles. The lowest BCUT2D eigenvalue weighted by molar-refractivity contribution is -0.132. The fraction of sp³-hybridized carbons (Fsp3) is 0. The average molecular weight is 284 g/mol. The quantitative estimate of drug-likeness (QED) is 0.751. The molecule has 106 valence electrons. The molecule has 0 saturated carbocycles. The number of hydrogen-bond acceptors (Lipinski definition) is 3. The van der Waals surface area contributed by atoms with Crippen molar-refractivity contribution in [1.82, 2.24) is 5.32 Å². The van der Waals surface area contributed by atoms with Crippen molar-refractivity contribution in [1.29, 1.82) is 0 Å². The van der Waals surface area contributed by atoms with Gasteiger partial charge in [-0.3, -0.25) is 4.79 Å². The van der Waals surface area contributed by atoms with E-state index in [0.29, 0.717) is 5.56 Å². The van der Waals surface area contributed by atoms with Crippen molar-refractivity contribution in [2.45, 2.75) is 0 Å². The average Bonchev–Trinajstić information content (AvgIpc) is 2.53. The number of hydrogen-bond donors (Lipinski definition) is 3. The molecule has 0 unspecified atom stereocenters. The van der Waals surface area contributed by atoms with Crippen molar-refractivity contribution < 1.29 is 21.2 Å². The molecule has 0 aliphatic heterocycles. The number of aliphatic carboxylic acids is 1. The molecule has 2 rings (SSSR count). The molecular formula is C16H13NO4. The second-order valence-corrected chi connectivity index (χ2v) is 4.17. The first-order valence-corrected chi connectivity index (χ1v) is 6.09. The number of aromatic hydroxyl groups is 1. The molecular weight excluding hydrogens is 270 g/mol. The summed E-state index contributed by atoms with van der Waals surface area (Å²) in [5, 5.41) is 20.7. The van der Waals surface area contributed by atoms with Gasteiger partial charge in [0.2, 0.25) is 0 Å². The van der Waals surface area contributed by atoms with E-state index in [2.05, 4.69) is 5.32 Å². The lowest BCUT2D eigenvalue weighted by atomic mass is 10.1. The molecule has 0 fully saturated rings. The number of carbonyl (C=O) groups excluding carboxylic acids is 1. The third-order valence-electron chi connectivity index (χ3n) is 2.63. The van der Waals surface area contributed by atoms with Crippen molar-refractivity contribution in [2.75, 3.05) is 0 Å². The predicted octanol–water partition coefficient (Wildman–Crippen LogP) is 2.25. The second-order valence-electron chi connectivity index (χ2n) is 4.17. The summed E-state index contributed by atoms with van der Waals surface area (Å²) in [6, 6.07) is 13.2. The van der Waals surface area contributed by atoms with Crippen LogP contribution >= 0.6 is 0 Å². The summed E-state index contributed by atoms with van der Waals surface area (Å²) in [7, 11) is 0. The number of carboxylic acids is 1. The van der Waals surface area contributed by atoms with Crippen LogP contribution in [0.2, 0.25) is 0 Å². The van der Waals surface area contributed by atoms with Crippen LogP contribution in [0.1, 0.15) is 17.3 Å². The molecule has 2 aromatic rings. The lowest BCUT2D eigenvalue weighted by Crippen LogP contribution is -2.27. The fourth-order valence-electron chi connectivity index (χ4n) is 1.60. The maximum Gasteiger partial charge on any atom is 0.352 e. The molecule has 0 bridgehead atoms. The second kappa shape index (κ2) is 6.38. The largest absolute Gasteiger partial charge is 0.508 e. The molecule has 1 amide bonds. The Labute approximate surface area is 122 Å². The highest BCUT2D eigenvalue weighted by Crippen LogP contribution is 2.12. The van der Waals surface area contributed by atoms with Gasteiger partial charge < -0.3 is 15.5 Å². The van der Waals surface area contributed by atoms with Gasteiger partial charge in [-0.1, -0.05) is 30.3 Å². The van der Waals surface area contributed by atoms with Gasteiger partial charge in [0.1, 0.15) is 11.4 Å². The molecule has 0 aliphatic carbocycles. The Morgan fingerprint density at radius 2 is 1.67 bits per heavy atom. The van der Waals surface area contributed by atoms with Crippen molar-refractivity contribution >= 4 is 17.9 Å². The SMILES string of the molecule is [2H]/C(=C(/NC(=O)c1ccccc1)C(=O)O)c1ccc(O)cc1. The number of rotatable bonds is 4. The smallest absolute Gasteiger partial charge is 0.352 e. The summed E-state index contributed by atoms with van der Waals surface area (Å²) in [6.45, 7) is 0. The van der Waals surface area contributed by atoms with E-state index in [1.54, 1.807) is 30.3 Å². The van der Waals surface area contributed by atoms with Gasteiger partial charge in [0, 0.05) is 5.56 Å². The molecule has 5 nitrogen and oxygen atoms in total. The van der Waals surface area contributed by atoms with E-state index in [1.165, 1.54) is 24.3 Å². The number of phenols is 1. The zero-order valence-corrected chi connectivity index (χ0v) is 10.9. The van der Waals surface area contributed by atoms with E-state index >= 15 is 0 Å². The Bertz CT molecular complexity index is 724. The third kappa shape index (κ3) is 3.94. The topological polar surface area (TPSA) is 86.6 Å². The van der Waals surface area contributed by atoms with Crippen molar-refractivity contribution in [2.24, 2.45) is 0 Å². The zero-order valence-electron chi connectivity index (χ0n) is 11.9. The van der Waals surface area contributed by atoms with Gasteiger partial charge in [-0.25, -0.2) is 4.79 Å². The highest BCUT2D eigenvalue weighted by molar-refractivity contribution is 6.02. The van der Waals surface area contributed by atoms with Crippen LogP contribution in [-0.4, -0.2) is 22.1 Å². The zero-order chi connectivity index (χ0) is 16.1. The molecule has 0 heterocycles. The molecule has 0 atom stereocenters. The number of amides is 1. The van der Waals surface area contributed by atoms with E-state index in [0.717, 1.165) is 0 Å². The van der Waals surface area contributed by atoms with Crippen molar-refractivity contribution in [3.05, 3.63) is 71.4 Å². The van der Waals surface area contributed by atoms with Gasteiger partial charge in [0.25, 0.3) is 5.91 Å². The molecule has 3 N–H and O–H groups in total. The number of carboxylic acid groups (broad SMARTS) is 1. The molecule has 0 spiro atoms. The summed E-state index contributed by atoms with van der Waals surface area (Å²) in [6.07, 6.45) is 0. The van der Waals surface area contributed by atoms with Crippen molar-refractivity contribution in [3.8, 4) is 5.75 Å². The maximum absolute atomic E-state index is 12.0. The highest BCUT2D eigenvalue weighted by Gasteiger charge is 2.12. The van der Waals surface area contributed by atoms with E-state index in [4.69, 9.17) is 1.37 Å². The van der Waals surface area contributed by atoms with Crippen LogP contribution in [0, 0.1) is 0 Å². The summed E-state index contributed by atoms with van der Waals surface area (Å²) in [5.74, 6) is -2.02. The van der Waals surface area contributed by atoms with Crippen LogP contribution < -0.4 is 5.32 Å². The number of carbonyl (C=O) groups is 2. The lowest BCUT2D eigenvalue weighted by Gasteiger charge is -2.06. The molecule has 21 heavy (non-hydrogen) atoms. The van der Waals surface area contributed by atoms with Crippen LogP contribution in [0.15, 0.2) is 60.3 Å². The minimum atomic E-state index is -1.41. The fourth-order valence-corrected chi connectivity index (χ4v) is 1.60. The normalized spacial score (nSPS) is 12.1. The van der Waals surface area contributed by atoms with Crippen LogP contribution in [-0.2, 0) is 4.79 Å². The Balaban J connectivity index is 2.33. The monoisotopic (exact) mass is 284 g/mol. The first-order chi connectivity index (χ1) is 10.5. The first kappa shape index (κ1) is 12.9. The van der Waals surface area contributed by atoms with Gasteiger partial charge in [-0.2, -0.15) is 0 Å². The van der Waals surface area contributed by atoms with Crippen LogP contribution in [0.25, 0.3) is 6.05 Å². The summed E-state index contributed by atoms with van der Waals surface area (Å²) >= 11 is 0. The van der Waals surface area contributed by atoms with Gasteiger partial charge in [-0.15, -0.1) is 0 Å². The van der Waals surface area contributed by atoms with Gasteiger partial charge in [0.05, 0.1) is 1.37 Å². The third-order valence-corrected chi connectivity index (χ3v) is 2.63. The van der Waals surface area contributed by atoms with Crippen LogP contribution in [0.5, 0.6) is 5.75 Å². The number of nitrogens with one attached hydrogen (secondary N) is 1. The maximum atomic E-state index is 12.0. The molecule has 2 aromatic carbocycles. The Hall–Kier alpha value is -3.08.